The minimum atomic E-state index is -3.45. The van der Waals surface area contributed by atoms with E-state index in [9.17, 15) is 13.2 Å². The number of amides is 1. The van der Waals surface area contributed by atoms with E-state index < -0.39 is 10.0 Å². The summed E-state index contributed by atoms with van der Waals surface area (Å²) in [7, 11) is -2.07. The molecule has 1 aliphatic rings. The molecule has 30 heavy (non-hydrogen) atoms. The van der Waals surface area contributed by atoms with Crippen molar-refractivity contribution in [3.8, 4) is 0 Å². The van der Waals surface area contributed by atoms with Gasteiger partial charge in [0.1, 0.15) is 0 Å². The van der Waals surface area contributed by atoms with Gasteiger partial charge in [0.15, 0.2) is 0 Å². The number of rotatable bonds is 7. The summed E-state index contributed by atoms with van der Waals surface area (Å²) in [6, 6.07) is 15.2. The summed E-state index contributed by atoms with van der Waals surface area (Å²) in [6.07, 6.45) is 5.06. The maximum absolute atomic E-state index is 12.2. The SMILES string of the molecule is CNS(=O)(=O)c1ccc(/C=C/C(=O)NC2CCN(Cc3cccc(C)c3)CC2)cc1. The fraction of sp³-hybridized carbons (Fsp3) is 0.348. The molecule has 1 amide bonds. The monoisotopic (exact) mass is 427 g/mol. The van der Waals surface area contributed by atoms with Crippen LogP contribution < -0.4 is 10.0 Å². The fourth-order valence-electron chi connectivity index (χ4n) is 3.60. The van der Waals surface area contributed by atoms with Crippen molar-refractivity contribution in [1.29, 1.82) is 0 Å². The van der Waals surface area contributed by atoms with Gasteiger partial charge in [-0.05, 0) is 56.1 Å². The second kappa shape index (κ2) is 10.0. The van der Waals surface area contributed by atoms with Gasteiger partial charge in [-0.1, -0.05) is 42.0 Å². The smallest absolute Gasteiger partial charge is 0.244 e. The number of nitrogens with zero attached hydrogens (tertiary/aromatic N) is 1. The largest absolute Gasteiger partial charge is 0.350 e. The predicted molar refractivity (Wildman–Crippen MR) is 119 cm³/mol. The third-order valence-corrected chi connectivity index (χ3v) is 6.74. The highest BCUT2D eigenvalue weighted by atomic mass is 32.2. The minimum Gasteiger partial charge on any atom is -0.350 e. The first-order chi connectivity index (χ1) is 14.4. The normalized spacial score (nSPS) is 16.1. The Labute approximate surface area is 179 Å². The summed E-state index contributed by atoms with van der Waals surface area (Å²) in [5.74, 6) is -0.126. The van der Waals surface area contributed by atoms with Crippen LogP contribution in [0.1, 0.15) is 29.5 Å². The highest BCUT2D eigenvalue weighted by molar-refractivity contribution is 7.89. The Balaban J connectivity index is 1.45. The highest BCUT2D eigenvalue weighted by Crippen LogP contribution is 2.15. The number of hydrogen-bond donors (Lipinski definition) is 2. The van der Waals surface area contributed by atoms with Crippen molar-refractivity contribution >= 4 is 22.0 Å². The van der Waals surface area contributed by atoms with Gasteiger partial charge in [-0.2, -0.15) is 0 Å². The van der Waals surface area contributed by atoms with Gasteiger partial charge in [0.25, 0.3) is 0 Å². The number of hydrogen-bond acceptors (Lipinski definition) is 4. The number of carbonyl (C=O) groups is 1. The molecule has 0 unspecified atom stereocenters. The van der Waals surface area contributed by atoms with Crippen molar-refractivity contribution < 1.29 is 13.2 Å². The lowest BCUT2D eigenvalue weighted by molar-refractivity contribution is -0.117. The van der Waals surface area contributed by atoms with Gasteiger partial charge in [0, 0.05) is 31.8 Å². The average Bonchev–Trinajstić information content (AvgIpc) is 2.74. The van der Waals surface area contributed by atoms with Crippen LogP contribution in [0, 0.1) is 6.92 Å². The van der Waals surface area contributed by atoms with Gasteiger partial charge >= 0.3 is 0 Å². The Morgan fingerprint density at radius 2 is 1.83 bits per heavy atom. The quantitative estimate of drug-likeness (QED) is 0.666. The predicted octanol–water partition coefficient (Wildman–Crippen LogP) is 2.70. The van der Waals surface area contributed by atoms with Crippen molar-refractivity contribution in [1.82, 2.24) is 14.9 Å². The molecule has 1 aliphatic heterocycles. The minimum absolute atomic E-state index is 0.126. The van der Waals surface area contributed by atoms with Gasteiger partial charge in [0.2, 0.25) is 15.9 Å². The lowest BCUT2D eigenvalue weighted by Crippen LogP contribution is -2.43. The van der Waals surface area contributed by atoms with Crippen molar-refractivity contribution in [2.45, 2.75) is 37.2 Å². The Bertz CT molecular complexity index is 993. The van der Waals surface area contributed by atoms with Crippen LogP contribution in [0.3, 0.4) is 0 Å². The maximum Gasteiger partial charge on any atom is 0.244 e. The Morgan fingerprint density at radius 3 is 2.47 bits per heavy atom. The van der Waals surface area contributed by atoms with E-state index in [0.29, 0.717) is 0 Å². The molecule has 0 saturated carbocycles. The molecule has 0 aliphatic carbocycles. The fourth-order valence-corrected chi connectivity index (χ4v) is 4.33. The van der Waals surface area contributed by atoms with Crippen molar-refractivity contribution in [3.63, 3.8) is 0 Å². The van der Waals surface area contributed by atoms with Crippen LogP contribution in [0.15, 0.2) is 59.5 Å². The number of carbonyl (C=O) groups excluding carboxylic acids is 1. The molecule has 0 aromatic heterocycles. The Morgan fingerprint density at radius 1 is 1.13 bits per heavy atom. The third-order valence-electron chi connectivity index (χ3n) is 5.31. The number of aryl methyl sites for hydroxylation is 1. The third kappa shape index (κ3) is 6.26. The second-order valence-corrected chi connectivity index (χ2v) is 9.54. The molecule has 2 aromatic carbocycles. The molecule has 2 aromatic rings. The van der Waals surface area contributed by atoms with Crippen LogP contribution in [0.2, 0.25) is 0 Å². The van der Waals surface area contributed by atoms with E-state index in [2.05, 4.69) is 46.1 Å². The number of nitrogens with one attached hydrogen (secondary N) is 2. The molecule has 7 heteroatoms. The summed E-state index contributed by atoms with van der Waals surface area (Å²) in [6.45, 7) is 4.98. The highest BCUT2D eigenvalue weighted by Gasteiger charge is 2.20. The molecule has 2 N–H and O–H groups in total. The van der Waals surface area contributed by atoms with Crippen LogP contribution in [-0.4, -0.2) is 45.4 Å². The Hall–Kier alpha value is -2.48. The summed E-state index contributed by atoms with van der Waals surface area (Å²) in [5.41, 5.74) is 3.38. The lowest BCUT2D eigenvalue weighted by Gasteiger charge is -2.32. The number of sulfonamides is 1. The summed E-state index contributed by atoms with van der Waals surface area (Å²) in [4.78, 5) is 14.9. The zero-order valence-electron chi connectivity index (χ0n) is 17.5. The standard InChI is InChI=1S/C23H29N3O3S/c1-18-4-3-5-20(16-18)17-26-14-12-21(13-15-26)25-23(27)11-8-19-6-9-22(10-7-19)30(28,29)24-2/h3-11,16,21,24H,12-15,17H2,1-2H3,(H,25,27)/b11-8+. The molecule has 3 rings (SSSR count). The Kier molecular flexibility index (Phi) is 7.42. The van der Waals surface area contributed by atoms with E-state index in [-0.39, 0.29) is 16.8 Å². The second-order valence-electron chi connectivity index (χ2n) is 7.66. The van der Waals surface area contributed by atoms with Gasteiger partial charge < -0.3 is 5.32 Å². The van der Waals surface area contributed by atoms with Crippen LogP contribution in [0.5, 0.6) is 0 Å². The molecular weight excluding hydrogens is 398 g/mol. The van der Waals surface area contributed by atoms with Gasteiger partial charge in [-0.3, -0.25) is 9.69 Å². The van der Waals surface area contributed by atoms with Gasteiger partial charge in [-0.25, -0.2) is 13.1 Å². The van der Waals surface area contributed by atoms with Crippen molar-refractivity contribution in [3.05, 3.63) is 71.3 Å². The van der Waals surface area contributed by atoms with Crippen LogP contribution in [0.25, 0.3) is 6.08 Å². The zero-order chi connectivity index (χ0) is 21.6. The first-order valence-electron chi connectivity index (χ1n) is 10.2. The molecule has 6 nitrogen and oxygen atoms in total. The molecule has 0 atom stereocenters. The zero-order valence-corrected chi connectivity index (χ0v) is 18.3. The topological polar surface area (TPSA) is 78.5 Å². The van der Waals surface area contributed by atoms with E-state index in [4.69, 9.17) is 0 Å². The van der Waals surface area contributed by atoms with E-state index in [0.717, 1.165) is 38.0 Å². The van der Waals surface area contributed by atoms with E-state index in [1.165, 1.54) is 36.4 Å². The van der Waals surface area contributed by atoms with E-state index in [1.54, 1.807) is 18.2 Å². The van der Waals surface area contributed by atoms with Gasteiger partial charge in [0.05, 0.1) is 4.90 Å². The molecule has 0 spiro atoms. The molecule has 0 bridgehead atoms. The van der Waals surface area contributed by atoms with Crippen LogP contribution in [0.4, 0.5) is 0 Å². The molecule has 0 radical (unpaired) electrons. The summed E-state index contributed by atoms with van der Waals surface area (Å²) >= 11 is 0. The van der Waals surface area contributed by atoms with E-state index >= 15 is 0 Å². The van der Waals surface area contributed by atoms with Crippen LogP contribution in [-0.2, 0) is 21.4 Å². The average molecular weight is 428 g/mol. The number of likely N-dealkylation sites (tertiary alicyclic amines) is 1. The first-order valence-corrected chi connectivity index (χ1v) is 11.6. The molecular formula is C23H29N3O3S. The molecule has 1 saturated heterocycles. The maximum atomic E-state index is 12.2. The number of piperidine rings is 1. The summed E-state index contributed by atoms with van der Waals surface area (Å²) in [5, 5.41) is 3.07. The molecule has 1 heterocycles. The number of benzene rings is 2. The van der Waals surface area contributed by atoms with Gasteiger partial charge in [-0.15, -0.1) is 0 Å². The van der Waals surface area contributed by atoms with Crippen molar-refractivity contribution in [2.75, 3.05) is 20.1 Å². The molecule has 1 fully saturated rings. The van der Waals surface area contributed by atoms with E-state index in [1.807, 2.05) is 0 Å². The lowest BCUT2D eigenvalue weighted by atomic mass is 10.0. The van der Waals surface area contributed by atoms with Crippen molar-refractivity contribution in [2.24, 2.45) is 0 Å². The summed E-state index contributed by atoms with van der Waals surface area (Å²) < 4.78 is 25.8. The molecule has 160 valence electrons. The first kappa shape index (κ1) is 22.2. The van der Waals surface area contributed by atoms with Crippen LogP contribution >= 0.6 is 0 Å².